The van der Waals surface area contributed by atoms with Gasteiger partial charge in [-0.05, 0) is 36.6 Å². The van der Waals surface area contributed by atoms with Crippen molar-refractivity contribution < 1.29 is 14.0 Å². The number of benzene rings is 1. The molecule has 2 aromatic rings. The van der Waals surface area contributed by atoms with Crippen molar-refractivity contribution in [2.75, 3.05) is 6.79 Å². The molecule has 0 atom stereocenters. The van der Waals surface area contributed by atoms with Crippen LogP contribution in [0, 0.1) is 0 Å². The van der Waals surface area contributed by atoms with Crippen LogP contribution in [0.4, 0.5) is 0 Å². The fourth-order valence-electron chi connectivity index (χ4n) is 2.92. The van der Waals surface area contributed by atoms with Gasteiger partial charge in [0.15, 0.2) is 17.3 Å². The van der Waals surface area contributed by atoms with Gasteiger partial charge in [0.25, 0.3) is 5.89 Å². The van der Waals surface area contributed by atoms with Crippen LogP contribution < -0.4 is 15.2 Å². The van der Waals surface area contributed by atoms with Crippen LogP contribution in [-0.4, -0.2) is 16.9 Å². The molecule has 2 aliphatic rings. The smallest absolute Gasteiger partial charge is 0.250 e. The quantitative estimate of drug-likeness (QED) is 0.927. The number of aromatic nitrogens is 2. The van der Waals surface area contributed by atoms with Crippen molar-refractivity contribution >= 4 is 24.6 Å². The SMILES string of the molecule is Cl.NC1(c2noc(/C=C/c3ccc4c(c3)OCO4)n2)CCCC1. The van der Waals surface area contributed by atoms with Crippen molar-refractivity contribution in [2.24, 2.45) is 5.73 Å². The summed E-state index contributed by atoms with van der Waals surface area (Å²) < 4.78 is 15.9. The Morgan fingerprint density at radius 2 is 1.87 bits per heavy atom. The molecule has 7 heteroatoms. The zero-order chi connectivity index (χ0) is 15.0. The van der Waals surface area contributed by atoms with E-state index in [2.05, 4.69) is 10.1 Å². The Hall–Kier alpha value is -2.05. The maximum atomic E-state index is 6.32. The number of nitrogens with zero attached hydrogens (tertiary/aromatic N) is 2. The van der Waals surface area contributed by atoms with Crippen molar-refractivity contribution in [1.82, 2.24) is 10.1 Å². The molecule has 1 aliphatic carbocycles. The van der Waals surface area contributed by atoms with E-state index in [4.69, 9.17) is 19.7 Å². The van der Waals surface area contributed by atoms with Crippen LogP contribution in [0.5, 0.6) is 11.5 Å². The van der Waals surface area contributed by atoms with E-state index in [-0.39, 0.29) is 19.2 Å². The van der Waals surface area contributed by atoms with Gasteiger partial charge in [-0.15, -0.1) is 12.4 Å². The predicted octanol–water partition coefficient (Wildman–Crippen LogP) is 3.12. The van der Waals surface area contributed by atoms with Gasteiger partial charge in [-0.2, -0.15) is 4.98 Å². The van der Waals surface area contributed by atoms with Crippen LogP contribution in [0.2, 0.25) is 0 Å². The molecule has 2 N–H and O–H groups in total. The van der Waals surface area contributed by atoms with Gasteiger partial charge in [0.1, 0.15) is 0 Å². The Labute approximate surface area is 140 Å². The average molecular weight is 336 g/mol. The van der Waals surface area contributed by atoms with Crippen molar-refractivity contribution in [2.45, 2.75) is 31.2 Å². The number of hydrogen-bond acceptors (Lipinski definition) is 6. The molecule has 23 heavy (non-hydrogen) atoms. The lowest BCUT2D eigenvalue weighted by atomic mass is 9.99. The molecular formula is C16H18ClN3O3. The summed E-state index contributed by atoms with van der Waals surface area (Å²) in [6, 6.07) is 5.74. The maximum Gasteiger partial charge on any atom is 0.250 e. The minimum absolute atomic E-state index is 0. The summed E-state index contributed by atoms with van der Waals surface area (Å²) in [5.74, 6) is 2.59. The van der Waals surface area contributed by atoms with E-state index in [9.17, 15) is 0 Å². The summed E-state index contributed by atoms with van der Waals surface area (Å²) in [7, 11) is 0. The van der Waals surface area contributed by atoms with E-state index in [1.54, 1.807) is 6.08 Å². The molecule has 1 saturated carbocycles. The molecule has 0 saturated heterocycles. The van der Waals surface area contributed by atoms with Crippen LogP contribution in [0.15, 0.2) is 22.7 Å². The molecule has 0 spiro atoms. The molecule has 1 aromatic heterocycles. The third-order valence-corrected chi connectivity index (χ3v) is 4.20. The van der Waals surface area contributed by atoms with Crippen LogP contribution in [0.1, 0.15) is 43.0 Å². The third-order valence-electron chi connectivity index (χ3n) is 4.20. The van der Waals surface area contributed by atoms with Crippen molar-refractivity contribution in [3.05, 3.63) is 35.5 Å². The van der Waals surface area contributed by atoms with Crippen LogP contribution in [-0.2, 0) is 5.54 Å². The highest BCUT2D eigenvalue weighted by Gasteiger charge is 2.35. The van der Waals surface area contributed by atoms with E-state index in [1.807, 2.05) is 24.3 Å². The summed E-state index contributed by atoms with van der Waals surface area (Å²) in [4.78, 5) is 4.41. The summed E-state index contributed by atoms with van der Waals surface area (Å²) in [6.45, 7) is 0.272. The first-order valence-electron chi connectivity index (χ1n) is 7.44. The fourth-order valence-corrected chi connectivity index (χ4v) is 2.92. The number of hydrogen-bond donors (Lipinski definition) is 1. The Bertz CT molecular complexity index is 723. The van der Waals surface area contributed by atoms with Gasteiger partial charge >= 0.3 is 0 Å². The fraction of sp³-hybridized carbons (Fsp3) is 0.375. The van der Waals surface area contributed by atoms with Gasteiger partial charge in [-0.25, -0.2) is 0 Å². The lowest BCUT2D eigenvalue weighted by Gasteiger charge is -2.17. The van der Waals surface area contributed by atoms with Crippen molar-refractivity contribution in [1.29, 1.82) is 0 Å². The summed E-state index contributed by atoms with van der Waals surface area (Å²) in [5.41, 5.74) is 6.88. The highest BCUT2D eigenvalue weighted by atomic mass is 35.5. The Morgan fingerprint density at radius 3 is 2.70 bits per heavy atom. The van der Waals surface area contributed by atoms with Gasteiger partial charge in [0, 0.05) is 6.08 Å². The van der Waals surface area contributed by atoms with Crippen LogP contribution >= 0.6 is 12.4 Å². The molecule has 1 aromatic carbocycles. The number of nitrogens with two attached hydrogens (primary N) is 1. The lowest BCUT2D eigenvalue weighted by molar-refractivity contribution is 0.174. The summed E-state index contributed by atoms with van der Waals surface area (Å²) in [5, 5.41) is 4.03. The van der Waals surface area contributed by atoms with Gasteiger partial charge in [0.2, 0.25) is 6.79 Å². The predicted molar refractivity (Wildman–Crippen MR) is 87.4 cm³/mol. The number of ether oxygens (including phenoxy) is 2. The van der Waals surface area contributed by atoms with Gasteiger partial charge in [-0.1, -0.05) is 24.1 Å². The Morgan fingerprint density at radius 1 is 1.09 bits per heavy atom. The molecule has 6 nitrogen and oxygen atoms in total. The molecule has 0 unspecified atom stereocenters. The highest BCUT2D eigenvalue weighted by Crippen LogP contribution is 2.35. The molecular weight excluding hydrogens is 318 g/mol. The van der Waals surface area contributed by atoms with Crippen LogP contribution in [0.25, 0.3) is 12.2 Å². The second kappa shape index (κ2) is 6.22. The molecule has 0 radical (unpaired) electrons. The van der Waals surface area contributed by atoms with E-state index in [1.165, 1.54) is 0 Å². The largest absolute Gasteiger partial charge is 0.454 e. The van der Waals surface area contributed by atoms with Crippen molar-refractivity contribution in [3.8, 4) is 11.5 Å². The van der Waals surface area contributed by atoms with E-state index in [0.717, 1.165) is 42.7 Å². The minimum atomic E-state index is -0.422. The number of halogens is 1. The van der Waals surface area contributed by atoms with Crippen LogP contribution in [0.3, 0.4) is 0 Å². The number of fused-ring (bicyclic) bond motifs is 1. The standard InChI is InChI=1S/C16H17N3O3.ClH/c17-16(7-1-2-8-16)15-18-14(22-19-15)6-4-11-3-5-12-13(9-11)21-10-20-12;/h3-6,9H,1-2,7-8,10,17H2;1H/b6-4+;. The second-order valence-electron chi connectivity index (χ2n) is 5.77. The molecule has 0 bridgehead atoms. The minimum Gasteiger partial charge on any atom is -0.454 e. The molecule has 1 aliphatic heterocycles. The second-order valence-corrected chi connectivity index (χ2v) is 5.77. The normalized spacial score (nSPS) is 18.3. The monoisotopic (exact) mass is 335 g/mol. The van der Waals surface area contributed by atoms with Gasteiger partial charge in [-0.3, -0.25) is 0 Å². The Kier molecular flexibility index (Phi) is 4.28. The van der Waals surface area contributed by atoms with E-state index < -0.39 is 5.54 Å². The first kappa shape index (κ1) is 15.8. The summed E-state index contributed by atoms with van der Waals surface area (Å²) in [6.07, 6.45) is 7.75. The number of rotatable bonds is 3. The van der Waals surface area contributed by atoms with Gasteiger partial charge in [0.05, 0.1) is 5.54 Å². The van der Waals surface area contributed by atoms with E-state index >= 15 is 0 Å². The maximum absolute atomic E-state index is 6.32. The molecule has 2 heterocycles. The molecule has 1 fully saturated rings. The third kappa shape index (κ3) is 3.04. The topological polar surface area (TPSA) is 83.4 Å². The molecule has 4 rings (SSSR count). The average Bonchev–Trinajstić information content (AvgIpc) is 3.25. The first-order valence-corrected chi connectivity index (χ1v) is 7.44. The molecule has 0 amide bonds. The highest BCUT2D eigenvalue weighted by molar-refractivity contribution is 5.85. The molecule has 122 valence electrons. The Balaban J connectivity index is 0.00000156. The van der Waals surface area contributed by atoms with Crippen molar-refractivity contribution in [3.63, 3.8) is 0 Å². The first-order chi connectivity index (χ1) is 10.7. The van der Waals surface area contributed by atoms with Gasteiger partial charge < -0.3 is 19.7 Å². The lowest BCUT2D eigenvalue weighted by Crippen LogP contribution is -2.34. The zero-order valence-corrected chi connectivity index (χ0v) is 13.3. The summed E-state index contributed by atoms with van der Waals surface area (Å²) >= 11 is 0. The van der Waals surface area contributed by atoms with E-state index in [0.29, 0.717) is 11.7 Å². The zero-order valence-electron chi connectivity index (χ0n) is 12.5.